The van der Waals surface area contributed by atoms with Crippen LogP contribution in [-0.4, -0.2) is 36.7 Å². The van der Waals surface area contributed by atoms with E-state index in [1.165, 1.54) is 6.08 Å². The highest BCUT2D eigenvalue weighted by molar-refractivity contribution is 6.09. The van der Waals surface area contributed by atoms with E-state index < -0.39 is 0 Å². The molecule has 0 aliphatic carbocycles. The maximum Gasteiger partial charge on any atom is 0.269 e. The Balaban J connectivity index is 2.19. The number of hydrogen-bond donors (Lipinski definition) is 1. The number of amides is 1. The van der Waals surface area contributed by atoms with Crippen molar-refractivity contribution in [3.05, 3.63) is 47.2 Å². The second-order valence-corrected chi connectivity index (χ2v) is 4.44. The van der Waals surface area contributed by atoms with Gasteiger partial charge in [-0.1, -0.05) is 29.8 Å². The molecular formula is C14H16N2O2. The van der Waals surface area contributed by atoms with Crippen molar-refractivity contribution < 1.29 is 9.59 Å². The van der Waals surface area contributed by atoms with Gasteiger partial charge in [-0.2, -0.15) is 0 Å². The van der Waals surface area contributed by atoms with Gasteiger partial charge in [-0.3, -0.25) is 9.59 Å². The minimum atomic E-state index is -0.152. The fraction of sp³-hybridized carbons (Fsp3) is 0.286. The second kappa shape index (κ2) is 5.04. The van der Waals surface area contributed by atoms with Crippen molar-refractivity contribution in [2.45, 2.75) is 6.92 Å². The number of ketones is 1. The molecule has 0 spiro atoms. The van der Waals surface area contributed by atoms with E-state index in [-0.39, 0.29) is 11.7 Å². The smallest absolute Gasteiger partial charge is 0.269 e. The van der Waals surface area contributed by atoms with Gasteiger partial charge in [0.1, 0.15) is 5.70 Å². The molecule has 1 aliphatic heterocycles. The van der Waals surface area contributed by atoms with Crippen LogP contribution in [0.15, 0.2) is 36.0 Å². The molecule has 4 heteroatoms. The Morgan fingerprint density at radius 3 is 2.67 bits per heavy atom. The molecule has 1 aromatic carbocycles. The molecule has 1 saturated heterocycles. The van der Waals surface area contributed by atoms with Crippen LogP contribution in [-0.2, 0) is 4.79 Å². The van der Waals surface area contributed by atoms with Gasteiger partial charge < -0.3 is 10.2 Å². The molecular weight excluding hydrogens is 228 g/mol. The van der Waals surface area contributed by atoms with E-state index in [4.69, 9.17) is 0 Å². The minimum Gasteiger partial charge on any atom is -0.379 e. The van der Waals surface area contributed by atoms with Gasteiger partial charge in [0.15, 0.2) is 5.78 Å². The molecule has 0 aromatic heterocycles. The van der Waals surface area contributed by atoms with Gasteiger partial charge in [0.2, 0.25) is 0 Å². The number of likely N-dealkylation sites (N-methyl/N-ethyl adjacent to an activating group) is 1. The molecule has 1 N–H and O–H groups in total. The number of nitrogens with one attached hydrogen (secondary N) is 1. The third-order valence-electron chi connectivity index (χ3n) is 2.95. The maximum atomic E-state index is 12.0. The molecule has 2 rings (SSSR count). The monoisotopic (exact) mass is 244 g/mol. The number of hydrogen-bond acceptors (Lipinski definition) is 3. The number of carbonyl (C=O) groups excluding carboxylic acids is 2. The number of rotatable bonds is 2. The van der Waals surface area contributed by atoms with Gasteiger partial charge in [-0.15, -0.1) is 0 Å². The van der Waals surface area contributed by atoms with Crippen molar-refractivity contribution in [1.29, 1.82) is 0 Å². The van der Waals surface area contributed by atoms with E-state index in [1.807, 2.05) is 19.1 Å². The lowest BCUT2D eigenvalue weighted by atomic mass is 10.1. The molecule has 0 bridgehead atoms. The van der Waals surface area contributed by atoms with Crippen LogP contribution in [0.3, 0.4) is 0 Å². The second-order valence-electron chi connectivity index (χ2n) is 4.44. The third-order valence-corrected chi connectivity index (χ3v) is 2.95. The molecule has 1 fully saturated rings. The van der Waals surface area contributed by atoms with Crippen LogP contribution in [0.1, 0.15) is 15.9 Å². The lowest BCUT2D eigenvalue weighted by molar-refractivity contribution is -0.127. The fourth-order valence-corrected chi connectivity index (χ4v) is 1.79. The zero-order valence-electron chi connectivity index (χ0n) is 10.6. The first-order chi connectivity index (χ1) is 8.58. The molecule has 18 heavy (non-hydrogen) atoms. The zero-order chi connectivity index (χ0) is 13.1. The molecule has 0 saturated carbocycles. The van der Waals surface area contributed by atoms with Crippen LogP contribution in [0, 0.1) is 6.92 Å². The highest BCUT2D eigenvalue weighted by Gasteiger charge is 2.20. The van der Waals surface area contributed by atoms with Gasteiger partial charge in [-0.25, -0.2) is 0 Å². The van der Waals surface area contributed by atoms with Gasteiger partial charge in [0.25, 0.3) is 5.91 Å². The minimum absolute atomic E-state index is 0.137. The molecule has 94 valence electrons. The first-order valence-electron chi connectivity index (χ1n) is 5.90. The number of piperazine rings is 1. The molecule has 1 aliphatic rings. The van der Waals surface area contributed by atoms with Crippen molar-refractivity contribution in [3.63, 3.8) is 0 Å². The van der Waals surface area contributed by atoms with Crippen LogP contribution in [0.2, 0.25) is 0 Å². The van der Waals surface area contributed by atoms with Crippen LogP contribution in [0.4, 0.5) is 0 Å². The molecule has 1 heterocycles. The van der Waals surface area contributed by atoms with E-state index >= 15 is 0 Å². The van der Waals surface area contributed by atoms with Crippen LogP contribution in [0.5, 0.6) is 0 Å². The molecule has 1 amide bonds. The van der Waals surface area contributed by atoms with Gasteiger partial charge in [0, 0.05) is 31.8 Å². The normalized spacial score (nSPS) is 17.8. The average molecular weight is 244 g/mol. The first kappa shape index (κ1) is 12.4. The molecule has 1 aromatic rings. The lowest BCUT2D eigenvalue weighted by Gasteiger charge is -2.25. The number of aryl methyl sites for hydroxylation is 1. The topological polar surface area (TPSA) is 49.4 Å². The van der Waals surface area contributed by atoms with Crippen LogP contribution >= 0.6 is 0 Å². The first-order valence-corrected chi connectivity index (χ1v) is 5.90. The summed E-state index contributed by atoms with van der Waals surface area (Å²) in [7, 11) is 1.73. The van der Waals surface area contributed by atoms with Crippen molar-refractivity contribution in [2.24, 2.45) is 0 Å². The van der Waals surface area contributed by atoms with Gasteiger partial charge in [0.05, 0.1) is 0 Å². The maximum absolute atomic E-state index is 12.0. The van der Waals surface area contributed by atoms with E-state index in [1.54, 1.807) is 24.1 Å². The summed E-state index contributed by atoms with van der Waals surface area (Å²) in [5.74, 6) is -0.289. The average Bonchev–Trinajstić information content (AvgIpc) is 2.36. The highest BCUT2D eigenvalue weighted by atomic mass is 16.2. The predicted octanol–water partition coefficient (Wildman–Crippen LogP) is 1.12. The number of carbonyl (C=O) groups is 2. The Hall–Kier alpha value is -2.10. The summed E-state index contributed by atoms with van der Waals surface area (Å²) in [6.45, 7) is 3.30. The summed E-state index contributed by atoms with van der Waals surface area (Å²) < 4.78 is 0. The van der Waals surface area contributed by atoms with Gasteiger partial charge >= 0.3 is 0 Å². The Morgan fingerprint density at radius 2 is 2.00 bits per heavy atom. The zero-order valence-corrected chi connectivity index (χ0v) is 10.6. The number of benzene rings is 1. The lowest BCUT2D eigenvalue weighted by Crippen LogP contribution is -2.44. The van der Waals surface area contributed by atoms with E-state index in [0.29, 0.717) is 24.4 Å². The van der Waals surface area contributed by atoms with E-state index in [2.05, 4.69) is 5.32 Å². The van der Waals surface area contributed by atoms with Crippen molar-refractivity contribution in [2.75, 3.05) is 20.1 Å². The fourth-order valence-electron chi connectivity index (χ4n) is 1.79. The summed E-state index contributed by atoms with van der Waals surface area (Å²) >= 11 is 0. The highest BCUT2D eigenvalue weighted by Crippen LogP contribution is 2.08. The van der Waals surface area contributed by atoms with Crippen LogP contribution in [0.25, 0.3) is 0 Å². The summed E-state index contributed by atoms with van der Waals surface area (Å²) in [6.07, 6.45) is 1.38. The quantitative estimate of drug-likeness (QED) is 0.626. The Morgan fingerprint density at radius 1 is 1.33 bits per heavy atom. The van der Waals surface area contributed by atoms with Crippen molar-refractivity contribution in [1.82, 2.24) is 10.2 Å². The number of nitrogens with zero attached hydrogens (tertiary/aromatic N) is 1. The summed E-state index contributed by atoms with van der Waals surface area (Å²) in [5, 5.41) is 2.96. The Bertz CT molecular complexity index is 503. The molecule has 0 unspecified atom stereocenters. The van der Waals surface area contributed by atoms with Crippen LogP contribution < -0.4 is 5.32 Å². The number of allylic oxidation sites excluding steroid dienone is 1. The SMILES string of the molecule is Cc1ccc(C(=O)/C=C2\NCCN(C)C2=O)cc1. The molecule has 0 atom stereocenters. The largest absolute Gasteiger partial charge is 0.379 e. The molecule has 0 radical (unpaired) electrons. The Labute approximate surface area is 106 Å². The standard InChI is InChI=1S/C14H16N2O2/c1-10-3-5-11(6-4-10)13(17)9-12-14(18)16(2)8-7-15-12/h3-6,9,15H,7-8H2,1-2H3/b12-9-. The Kier molecular flexibility index (Phi) is 3.46. The molecule has 4 nitrogen and oxygen atoms in total. The van der Waals surface area contributed by atoms with E-state index in [0.717, 1.165) is 5.56 Å². The summed E-state index contributed by atoms with van der Waals surface area (Å²) in [6, 6.07) is 7.31. The van der Waals surface area contributed by atoms with Crippen molar-refractivity contribution in [3.8, 4) is 0 Å². The van der Waals surface area contributed by atoms with E-state index in [9.17, 15) is 9.59 Å². The van der Waals surface area contributed by atoms with Crippen molar-refractivity contribution >= 4 is 11.7 Å². The summed E-state index contributed by atoms with van der Waals surface area (Å²) in [5.41, 5.74) is 2.07. The predicted molar refractivity (Wildman–Crippen MR) is 69.2 cm³/mol. The van der Waals surface area contributed by atoms with Gasteiger partial charge in [-0.05, 0) is 6.92 Å². The third kappa shape index (κ3) is 2.59. The summed E-state index contributed by atoms with van der Waals surface area (Å²) in [4.78, 5) is 25.4.